The average molecular weight is 376 g/mol. The van der Waals surface area contributed by atoms with Gasteiger partial charge in [0.1, 0.15) is 0 Å². The number of carbonyl (C=O) groups is 1. The van der Waals surface area contributed by atoms with Gasteiger partial charge in [0.25, 0.3) is 0 Å². The summed E-state index contributed by atoms with van der Waals surface area (Å²) >= 11 is 0. The Bertz CT molecular complexity index is 576. The van der Waals surface area contributed by atoms with Crippen LogP contribution in [0.15, 0.2) is 12.3 Å². The van der Waals surface area contributed by atoms with Gasteiger partial charge in [0, 0.05) is 30.3 Å². The van der Waals surface area contributed by atoms with Crippen molar-refractivity contribution in [2.75, 3.05) is 13.2 Å². The second-order valence-electron chi connectivity index (χ2n) is 9.13. The molecule has 5 heteroatoms. The molecule has 1 saturated heterocycles. The van der Waals surface area contributed by atoms with Gasteiger partial charge >= 0.3 is 0 Å². The first-order valence-electron chi connectivity index (χ1n) is 10.9. The molecule has 2 unspecified atom stereocenters. The van der Waals surface area contributed by atoms with Gasteiger partial charge in [-0.15, -0.1) is 0 Å². The van der Waals surface area contributed by atoms with Gasteiger partial charge in [0.05, 0.1) is 18.8 Å². The molecular weight excluding hydrogens is 338 g/mol. The van der Waals surface area contributed by atoms with E-state index >= 15 is 0 Å². The summed E-state index contributed by atoms with van der Waals surface area (Å²) in [6.07, 6.45) is 9.13. The van der Waals surface area contributed by atoms with Gasteiger partial charge in [-0.05, 0) is 56.4 Å². The Morgan fingerprint density at radius 2 is 1.96 bits per heavy atom. The molecule has 1 aliphatic heterocycles. The minimum absolute atomic E-state index is 0.0227. The van der Waals surface area contributed by atoms with Crippen LogP contribution in [0.2, 0.25) is 0 Å². The van der Waals surface area contributed by atoms with Crippen LogP contribution >= 0.6 is 0 Å². The molecule has 2 fully saturated rings. The smallest absolute Gasteiger partial charge is 0.225 e. The Labute approximate surface area is 164 Å². The molecule has 2 heterocycles. The highest BCUT2D eigenvalue weighted by Crippen LogP contribution is 2.35. The van der Waals surface area contributed by atoms with Crippen molar-refractivity contribution in [3.63, 3.8) is 0 Å². The van der Waals surface area contributed by atoms with Crippen LogP contribution in [0.5, 0.6) is 0 Å². The van der Waals surface area contributed by atoms with E-state index in [9.17, 15) is 4.79 Å². The van der Waals surface area contributed by atoms with E-state index in [4.69, 9.17) is 4.74 Å². The van der Waals surface area contributed by atoms with Crippen molar-refractivity contribution in [1.82, 2.24) is 15.1 Å². The summed E-state index contributed by atoms with van der Waals surface area (Å²) in [5.41, 5.74) is 1.13. The summed E-state index contributed by atoms with van der Waals surface area (Å²) in [7, 11) is 0. The first kappa shape index (κ1) is 20.4. The van der Waals surface area contributed by atoms with Crippen molar-refractivity contribution in [2.45, 2.75) is 84.3 Å². The molecular formula is C22H37N3O2. The number of hydrogen-bond donors (Lipinski definition) is 1. The SMILES string of the molecule is CC(C)C(=O)N1CCCC(c2ccn[nH]2)C1COC1CCC(C(C)C)CC1. The van der Waals surface area contributed by atoms with Gasteiger partial charge in [-0.1, -0.05) is 27.7 Å². The van der Waals surface area contributed by atoms with Gasteiger partial charge < -0.3 is 9.64 Å². The fourth-order valence-corrected chi connectivity index (χ4v) is 4.86. The number of carbonyl (C=O) groups excluding carboxylic acids is 1. The van der Waals surface area contributed by atoms with E-state index in [-0.39, 0.29) is 23.8 Å². The molecule has 0 radical (unpaired) electrons. The number of nitrogens with zero attached hydrogens (tertiary/aromatic N) is 2. The second-order valence-corrected chi connectivity index (χ2v) is 9.13. The molecule has 0 spiro atoms. The highest BCUT2D eigenvalue weighted by atomic mass is 16.5. The van der Waals surface area contributed by atoms with Crippen molar-refractivity contribution in [2.24, 2.45) is 17.8 Å². The number of aromatic nitrogens is 2. The van der Waals surface area contributed by atoms with Crippen molar-refractivity contribution < 1.29 is 9.53 Å². The molecule has 27 heavy (non-hydrogen) atoms. The number of rotatable bonds is 6. The van der Waals surface area contributed by atoms with Gasteiger partial charge in [-0.2, -0.15) is 5.10 Å². The average Bonchev–Trinajstić information content (AvgIpc) is 3.20. The molecule has 0 aromatic carbocycles. The number of H-pyrrole nitrogens is 1. The molecule has 1 aromatic rings. The number of amides is 1. The Hall–Kier alpha value is -1.36. The van der Waals surface area contributed by atoms with E-state index in [2.05, 4.69) is 35.0 Å². The molecule has 5 nitrogen and oxygen atoms in total. The summed E-state index contributed by atoms with van der Waals surface area (Å²) in [6.45, 7) is 10.1. The maximum absolute atomic E-state index is 12.8. The topological polar surface area (TPSA) is 58.2 Å². The monoisotopic (exact) mass is 375 g/mol. The lowest BCUT2D eigenvalue weighted by Crippen LogP contribution is -2.51. The van der Waals surface area contributed by atoms with Crippen molar-refractivity contribution in [3.8, 4) is 0 Å². The number of piperidine rings is 1. The predicted molar refractivity (Wildman–Crippen MR) is 107 cm³/mol. The fourth-order valence-electron chi connectivity index (χ4n) is 4.86. The van der Waals surface area contributed by atoms with Gasteiger partial charge in [0.15, 0.2) is 0 Å². The zero-order valence-electron chi connectivity index (χ0n) is 17.5. The van der Waals surface area contributed by atoms with Crippen molar-refractivity contribution in [3.05, 3.63) is 18.0 Å². The van der Waals surface area contributed by atoms with E-state index in [1.807, 2.05) is 20.0 Å². The standard InChI is InChI=1S/C22H37N3O2/c1-15(2)17-7-9-18(10-8-17)27-14-21-19(20-11-12-23-24-20)6-5-13-25(21)22(26)16(3)4/h11-12,15-19,21H,5-10,13-14H2,1-4H3,(H,23,24). The first-order valence-corrected chi connectivity index (χ1v) is 10.9. The molecule has 2 aliphatic rings. The zero-order chi connectivity index (χ0) is 19.4. The van der Waals surface area contributed by atoms with E-state index in [1.54, 1.807) is 0 Å². The number of aromatic amines is 1. The van der Waals surface area contributed by atoms with Gasteiger partial charge in [-0.3, -0.25) is 9.89 Å². The Balaban J connectivity index is 1.66. The lowest BCUT2D eigenvalue weighted by atomic mass is 9.80. The summed E-state index contributed by atoms with van der Waals surface area (Å²) < 4.78 is 6.41. The van der Waals surface area contributed by atoms with E-state index in [1.165, 1.54) is 12.8 Å². The van der Waals surface area contributed by atoms with Crippen LogP contribution < -0.4 is 0 Å². The number of nitrogens with one attached hydrogen (secondary N) is 1. The molecule has 1 N–H and O–H groups in total. The molecule has 152 valence electrons. The highest BCUT2D eigenvalue weighted by Gasteiger charge is 2.37. The zero-order valence-corrected chi connectivity index (χ0v) is 17.5. The van der Waals surface area contributed by atoms with E-state index < -0.39 is 0 Å². The summed E-state index contributed by atoms with van der Waals surface area (Å²) in [5.74, 6) is 2.17. The third-order valence-electron chi connectivity index (χ3n) is 6.64. The fraction of sp³-hybridized carbons (Fsp3) is 0.818. The first-order chi connectivity index (χ1) is 13.0. The van der Waals surface area contributed by atoms with E-state index in [0.717, 1.165) is 49.8 Å². The largest absolute Gasteiger partial charge is 0.376 e. The van der Waals surface area contributed by atoms with Gasteiger partial charge in [-0.25, -0.2) is 0 Å². The van der Waals surface area contributed by atoms with Crippen molar-refractivity contribution in [1.29, 1.82) is 0 Å². The summed E-state index contributed by atoms with van der Waals surface area (Å²) in [6, 6.07) is 2.16. The molecule has 3 rings (SSSR count). The van der Waals surface area contributed by atoms with Crippen LogP contribution in [0.4, 0.5) is 0 Å². The molecule has 1 aromatic heterocycles. The molecule has 0 bridgehead atoms. The number of ether oxygens (including phenoxy) is 1. The Kier molecular flexibility index (Phi) is 6.96. The van der Waals surface area contributed by atoms with Crippen LogP contribution in [0.3, 0.4) is 0 Å². The number of likely N-dealkylation sites (tertiary alicyclic amines) is 1. The Morgan fingerprint density at radius 3 is 2.56 bits per heavy atom. The van der Waals surface area contributed by atoms with Gasteiger partial charge in [0.2, 0.25) is 5.91 Å². The number of hydrogen-bond acceptors (Lipinski definition) is 3. The molecule has 1 aliphatic carbocycles. The molecule has 2 atom stereocenters. The van der Waals surface area contributed by atoms with Crippen molar-refractivity contribution >= 4 is 5.91 Å². The van der Waals surface area contributed by atoms with Crippen LogP contribution in [0.25, 0.3) is 0 Å². The third kappa shape index (κ3) is 4.92. The third-order valence-corrected chi connectivity index (χ3v) is 6.64. The van der Waals surface area contributed by atoms with Crippen LogP contribution in [0, 0.1) is 17.8 Å². The van der Waals surface area contributed by atoms with Crippen LogP contribution in [0.1, 0.15) is 77.8 Å². The Morgan fingerprint density at radius 1 is 1.22 bits per heavy atom. The van der Waals surface area contributed by atoms with Crippen LogP contribution in [-0.4, -0.2) is 46.3 Å². The lowest BCUT2D eigenvalue weighted by Gasteiger charge is -2.42. The van der Waals surface area contributed by atoms with Crippen LogP contribution in [-0.2, 0) is 9.53 Å². The minimum Gasteiger partial charge on any atom is -0.376 e. The lowest BCUT2D eigenvalue weighted by molar-refractivity contribution is -0.141. The molecule has 1 saturated carbocycles. The summed E-state index contributed by atoms with van der Waals surface area (Å²) in [5, 5.41) is 7.28. The highest BCUT2D eigenvalue weighted by molar-refractivity contribution is 5.78. The normalized spacial score (nSPS) is 29.5. The quantitative estimate of drug-likeness (QED) is 0.803. The predicted octanol–water partition coefficient (Wildman–Crippen LogP) is 4.37. The molecule has 1 amide bonds. The summed E-state index contributed by atoms with van der Waals surface area (Å²) in [4.78, 5) is 14.9. The maximum atomic E-state index is 12.8. The van der Waals surface area contributed by atoms with E-state index in [0.29, 0.717) is 12.7 Å². The second kappa shape index (κ2) is 9.22. The minimum atomic E-state index is 0.0227. The maximum Gasteiger partial charge on any atom is 0.225 e.